The normalized spacial score (nSPS) is 16.1. The van der Waals surface area contributed by atoms with E-state index < -0.39 is 0 Å². The van der Waals surface area contributed by atoms with Gasteiger partial charge in [-0.1, -0.05) is 18.2 Å². The van der Waals surface area contributed by atoms with Gasteiger partial charge in [0.05, 0.1) is 13.2 Å². The summed E-state index contributed by atoms with van der Waals surface area (Å²) < 4.78 is 13.8. The minimum Gasteiger partial charge on any atom is -0.395 e. The van der Waals surface area contributed by atoms with Crippen molar-refractivity contribution >= 4 is 6.03 Å². The second-order valence-corrected chi connectivity index (χ2v) is 6.35. The molecule has 2 rings (SSSR count). The fraction of sp³-hybridized carbons (Fsp3) is 0.611. The van der Waals surface area contributed by atoms with Gasteiger partial charge in [0.15, 0.2) is 0 Å². The van der Waals surface area contributed by atoms with Crippen LogP contribution in [-0.2, 0) is 6.54 Å². The minimum absolute atomic E-state index is 0.147. The zero-order valence-corrected chi connectivity index (χ0v) is 14.4. The molecule has 0 spiro atoms. The predicted molar refractivity (Wildman–Crippen MR) is 92.2 cm³/mol. The number of carbonyl (C=O) groups is 1. The van der Waals surface area contributed by atoms with Gasteiger partial charge in [-0.05, 0) is 45.3 Å². The summed E-state index contributed by atoms with van der Waals surface area (Å²) in [5.74, 6) is -0.337. The Morgan fingerprint density at radius 3 is 2.75 bits per heavy atom. The van der Waals surface area contributed by atoms with Gasteiger partial charge in [0, 0.05) is 24.7 Å². The molecule has 1 heterocycles. The number of likely N-dealkylation sites (tertiary alicyclic amines) is 1. The van der Waals surface area contributed by atoms with E-state index in [1.165, 1.54) is 23.8 Å². The number of nitrogens with zero attached hydrogens (tertiary/aromatic N) is 2. The largest absolute Gasteiger partial charge is 0.395 e. The molecule has 0 bridgehead atoms. The van der Waals surface area contributed by atoms with Gasteiger partial charge >= 0.3 is 6.03 Å². The van der Waals surface area contributed by atoms with E-state index >= 15 is 0 Å². The van der Waals surface area contributed by atoms with Crippen LogP contribution in [0.5, 0.6) is 0 Å². The molecular formula is C18H28FN3O2. The van der Waals surface area contributed by atoms with Crippen molar-refractivity contribution in [1.29, 1.82) is 0 Å². The Balaban J connectivity index is 1.81. The van der Waals surface area contributed by atoms with Crippen LogP contribution in [0.25, 0.3) is 0 Å². The molecule has 1 aromatic rings. The second kappa shape index (κ2) is 9.59. The van der Waals surface area contributed by atoms with E-state index in [9.17, 15) is 9.18 Å². The Labute approximate surface area is 143 Å². The zero-order valence-electron chi connectivity index (χ0n) is 14.4. The van der Waals surface area contributed by atoms with Crippen LogP contribution in [0, 0.1) is 5.82 Å². The predicted octanol–water partition coefficient (Wildman–Crippen LogP) is 2.20. The van der Waals surface area contributed by atoms with Crippen molar-refractivity contribution in [1.82, 2.24) is 15.1 Å². The SMILES string of the molecule is CC(CCNC(=O)N(CCO)Cc1ccccc1F)N1CCCC1. The van der Waals surface area contributed by atoms with Gasteiger partial charge in [-0.15, -0.1) is 0 Å². The molecule has 1 unspecified atom stereocenters. The molecule has 6 heteroatoms. The molecule has 0 aromatic heterocycles. The standard InChI is InChI=1S/C18H28FN3O2/c1-15(21-10-4-5-11-21)8-9-20-18(24)22(12-13-23)14-16-6-2-3-7-17(16)19/h2-3,6-7,15,23H,4-5,8-14H2,1H3,(H,20,24). The first-order chi connectivity index (χ1) is 11.6. The minimum atomic E-state index is -0.337. The fourth-order valence-electron chi connectivity index (χ4n) is 3.07. The lowest BCUT2D eigenvalue weighted by Gasteiger charge is -2.25. The Bertz CT molecular complexity index is 521. The number of amides is 2. The molecule has 1 saturated heterocycles. The Hall–Kier alpha value is -1.66. The van der Waals surface area contributed by atoms with Crippen molar-refractivity contribution in [3.8, 4) is 0 Å². The van der Waals surface area contributed by atoms with Crippen LogP contribution in [0.1, 0.15) is 31.7 Å². The molecule has 0 aliphatic carbocycles. The monoisotopic (exact) mass is 337 g/mol. The summed E-state index contributed by atoms with van der Waals surface area (Å²) in [6, 6.07) is 6.58. The van der Waals surface area contributed by atoms with E-state index in [4.69, 9.17) is 5.11 Å². The average molecular weight is 337 g/mol. The molecular weight excluding hydrogens is 309 g/mol. The quantitative estimate of drug-likeness (QED) is 0.765. The second-order valence-electron chi connectivity index (χ2n) is 6.35. The van der Waals surface area contributed by atoms with Crippen LogP contribution in [0.4, 0.5) is 9.18 Å². The first kappa shape index (κ1) is 18.7. The number of hydrogen-bond acceptors (Lipinski definition) is 3. The summed E-state index contributed by atoms with van der Waals surface area (Å²) in [7, 11) is 0. The van der Waals surface area contributed by atoms with Crippen molar-refractivity contribution in [3.05, 3.63) is 35.6 Å². The van der Waals surface area contributed by atoms with E-state index in [-0.39, 0.29) is 31.5 Å². The van der Waals surface area contributed by atoms with Crippen molar-refractivity contribution in [2.75, 3.05) is 32.8 Å². The van der Waals surface area contributed by atoms with E-state index in [0.29, 0.717) is 18.2 Å². The highest BCUT2D eigenvalue weighted by Crippen LogP contribution is 2.13. The van der Waals surface area contributed by atoms with Crippen molar-refractivity contribution in [3.63, 3.8) is 0 Å². The maximum atomic E-state index is 13.8. The van der Waals surface area contributed by atoms with E-state index in [1.54, 1.807) is 18.2 Å². The molecule has 134 valence electrons. The van der Waals surface area contributed by atoms with Crippen LogP contribution in [0.2, 0.25) is 0 Å². The number of rotatable bonds is 8. The zero-order chi connectivity index (χ0) is 17.4. The highest BCUT2D eigenvalue weighted by molar-refractivity contribution is 5.74. The number of aliphatic hydroxyl groups excluding tert-OH is 1. The summed E-state index contributed by atoms with van der Waals surface area (Å²) >= 11 is 0. The smallest absolute Gasteiger partial charge is 0.317 e. The Morgan fingerprint density at radius 2 is 2.08 bits per heavy atom. The molecule has 5 nitrogen and oxygen atoms in total. The molecule has 1 aliphatic heterocycles. The third kappa shape index (κ3) is 5.46. The number of benzene rings is 1. The van der Waals surface area contributed by atoms with Crippen LogP contribution in [0.15, 0.2) is 24.3 Å². The van der Waals surface area contributed by atoms with Crippen LogP contribution < -0.4 is 5.32 Å². The lowest BCUT2D eigenvalue weighted by molar-refractivity contribution is 0.171. The summed E-state index contributed by atoms with van der Waals surface area (Å²) in [5.41, 5.74) is 0.450. The molecule has 0 radical (unpaired) electrons. The summed E-state index contributed by atoms with van der Waals surface area (Å²) in [6.07, 6.45) is 3.39. The number of urea groups is 1. The topological polar surface area (TPSA) is 55.8 Å². The van der Waals surface area contributed by atoms with Gasteiger partial charge in [-0.2, -0.15) is 0 Å². The fourth-order valence-corrected chi connectivity index (χ4v) is 3.07. The average Bonchev–Trinajstić information content (AvgIpc) is 3.10. The van der Waals surface area contributed by atoms with Gasteiger partial charge in [-0.3, -0.25) is 0 Å². The third-order valence-corrected chi connectivity index (χ3v) is 4.58. The molecule has 1 aliphatic rings. The summed E-state index contributed by atoms with van der Waals surface area (Å²) in [4.78, 5) is 16.2. The first-order valence-corrected chi connectivity index (χ1v) is 8.73. The molecule has 1 atom stereocenters. The van der Waals surface area contributed by atoms with Gasteiger partial charge in [0.25, 0.3) is 0 Å². The molecule has 24 heavy (non-hydrogen) atoms. The third-order valence-electron chi connectivity index (χ3n) is 4.58. The molecule has 0 saturated carbocycles. The number of aliphatic hydroxyl groups is 1. The van der Waals surface area contributed by atoms with Crippen LogP contribution in [0.3, 0.4) is 0 Å². The van der Waals surface area contributed by atoms with Crippen LogP contribution in [-0.4, -0.2) is 59.8 Å². The molecule has 2 N–H and O–H groups in total. The van der Waals surface area contributed by atoms with E-state index in [2.05, 4.69) is 17.1 Å². The first-order valence-electron chi connectivity index (χ1n) is 8.73. The molecule has 1 fully saturated rings. The Kier molecular flexibility index (Phi) is 7.46. The van der Waals surface area contributed by atoms with E-state index in [1.807, 2.05) is 0 Å². The van der Waals surface area contributed by atoms with Crippen molar-refractivity contribution in [2.24, 2.45) is 0 Å². The maximum absolute atomic E-state index is 13.8. The molecule has 1 aromatic carbocycles. The van der Waals surface area contributed by atoms with Gasteiger partial charge in [0.1, 0.15) is 5.82 Å². The van der Waals surface area contributed by atoms with Crippen LogP contribution >= 0.6 is 0 Å². The van der Waals surface area contributed by atoms with Gasteiger partial charge in [-0.25, -0.2) is 9.18 Å². The number of nitrogens with one attached hydrogen (secondary N) is 1. The summed E-state index contributed by atoms with van der Waals surface area (Å²) in [5, 5.41) is 12.1. The summed E-state index contributed by atoms with van der Waals surface area (Å²) in [6.45, 7) is 5.23. The number of halogens is 1. The van der Waals surface area contributed by atoms with Gasteiger partial charge < -0.3 is 20.2 Å². The van der Waals surface area contributed by atoms with Crippen molar-refractivity contribution < 1.29 is 14.3 Å². The van der Waals surface area contributed by atoms with Crippen molar-refractivity contribution in [2.45, 2.75) is 38.8 Å². The lowest BCUT2D eigenvalue weighted by atomic mass is 10.2. The highest BCUT2D eigenvalue weighted by atomic mass is 19.1. The Morgan fingerprint density at radius 1 is 1.38 bits per heavy atom. The highest BCUT2D eigenvalue weighted by Gasteiger charge is 2.19. The number of hydrogen-bond donors (Lipinski definition) is 2. The van der Waals surface area contributed by atoms with Gasteiger partial charge in [0.2, 0.25) is 0 Å². The van der Waals surface area contributed by atoms with E-state index in [0.717, 1.165) is 19.5 Å². The lowest BCUT2D eigenvalue weighted by Crippen LogP contribution is -2.43. The maximum Gasteiger partial charge on any atom is 0.317 e. The molecule has 2 amide bonds. The number of carbonyl (C=O) groups excluding carboxylic acids is 1.